The molecule has 0 fully saturated rings. The molecule has 0 N–H and O–H groups in total. The number of hydrogen-bond donors (Lipinski definition) is 0. The van der Waals surface area contributed by atoms with Crippen LogP contribution in [0.1, 0.15) is 26.4 Å². The first-order chi connectivity index (χ1) is 7.59. The van der Waals surface area contributed by atoms with E-state index in [-0.39, 0.29) is 5.78 Å². The second-order valence-electron chi connectivity index (χ2n) is 3.73. The van der Waals surface area contributed by atoms with Crippen LogP contribution in [0.15, 0.2) is 29.6 Å². The Morgan fingerprint density at radius 3 is 2.50 bits per heavy atom. The van der Waals surface area contributed by atoms with E-state index in [0.29, 0.717) is 15.5 Å². The molecule has 0 aliphatic rings. The van der Waals surface area contributed by atoms with Gasteiger partial charge >= 0.3 is 0 Å². The topological polar surface area (TPSA) is 17.1 Å². The van der Waals surface area contributed by atoms with E-state index in [9.17, 15) is 4.79 Å². The normalized spacial score (nSPS) is 10.4. The van der Waals surface area contributed by atoms with Crippen LogP contribution in [-0.2, 0) is 0 Å². The molecular weight excluding hydrogens is 240 g/mol. The van der Waals surface area contributed by atoms with Crippen molar-refractivity contribution in [1.29, 1.82) is 0 Å². The van der Waals surface area contributed by atoms with Crippen LogP contribution in [-0.4, -0.2) is 5.78 Å². The fourth-order valence-electron chi connectivity index (χ4n) is 1.47. The molecule has 1 nitrogen and oxygen atoms in total. The number of thiophene rings is 1. The molecule has 1 aromatic carbocycles. The lowest BCUT2D eigenvalue weighted by molar-refractivity contribution is 0.104. The second kappa shape index (κ2) is 4.40. The van der Waals surface area contributed by atoms with E-state index in [0.717, 1.165) is 5.56 Å². The second-order valence-corrected chi connectivity index (χ2v) is 5.05. The van der Waals surface area contributed by atoms with E-state index in [1.807, 2.05) is 37.4 Å². The number of hydrogen-bond acceptors (Lipinski definition) is 2. The molecule has 2 aromatic rings. The molecular formula is C13H11ClOS. The lowest BCUT2D eigenvalue weighted by atomic mass is 10.0. The molecule has 3 heteroatoms. The highest BCUT2D eigenvalue weighted by Gasteiger charge is 2.14. The Morgan fingerprint density at radius 2 is 1.94 bits per heavy atom. The Bertz CT molecular complexity index is 543. The molecule has 0 aliphatic heterocycles. The Balaban J connectivity index is 2.42. The van der Waals surface area contributed by atoms with Gasteiger partial charge in [0.25, 0.3) is 0 Å². The molecule has 0 saturated carbocycles. The van der Waals surface area contributed by atoms with Crippen LogP contribution < -0.4 is 0 Å². The van der Waals surface area contributed by atoms with E-state index in [2.05, 4.69) is 0 Å². The van der Waals surface area contributed by atoms with E-state index in [4.69, 9.17) is 11.6 Å². The van der Waals surface area contributed by atoms with Crippen LogP contribution in [0.4, 0.5) is 0 Å². The van der Waals surface area contributed by atoms with Gasteiger partial charge in [-0.2, -0.15) is 0 Å². The van der Waals surface area contributed by atoms with Crippen LogP contribution in [0.5, 0.6) is 0 Å². The molecule has 0 saturated heterocycles. The molecule has 0 amide bonds. The van der Waals surface area contributed by atoms with Crippen LogP contribution in [0.3, 0.4) is 0 Å². The van der Waals surface area contributed by atoms with E-state index < -0.39 is 0 Å². The highest BCUT2D eigenvalue weighted by Crippen LogP contribution is 2.25. The summed E-state index contributed by atoms with van der Waals surface area (Å²) >= 11 is 7.33. The number of carbonyl (C=O) groups excluding carboxylic acids is 1. The summed E-state index contributed by atoms with van der Waals surface area (Å²) in [4.78, 5) is 12.7. The fourth-order valence-corrected chi connectivity index (χ4v) is 2.57. The molecule has 0 aliphatic carbocycles. The lowest BCUT2D eigenvalue weighted by Gasteiger charge is -2.03. The average molecular weight is 251 g/mol. The van der Waals surface area contributed by atoms with E-state index in [1.165, 1.54) is 16.9 Å². The van der Waals surface area contributed by atoms with E-state index >= 15 is 0 Å². The average Bonchev–Trinajstić information content (AvgIpc) is 2.67. The zero-order valence-corrected chi connectivity index (χ0v) is 10.7. The summed E-state index contributed by atoms with van der Waals surface area (Å²) in [7, 11) is 0. The molecule has 1 heterocycles. The number of halogens is 1. The summed E-state index contributed by atoms with van der Waals surface area (Å²) in [5.74, 6) is 0.00287. The van der Waals surface area contributed by atoms with Crippen LogP contribution in [0.2, 0.25) is 5.02 Å². The number of aryl methyl sites for hydroxylation is 2. The number of benzene rings is 1. The van der Waals surface area contributed by atoms with Gasteiger partial charge in [-0.15, -0.1) is 11.3 Å². The van der Waals surface area contributed by atoms with Crippen molar-refractivity contribution in [2.75, 3.05) is 0 Å². The minimum Gasteiger partial charge on any atom is -0.288 e. The third-order valence-corrected chi connectivity index (χ3v) is 3.93. The minimum atomic E-state index is 0.00287. The van der Waals surface area contributed by atoms with Gasteiger partial charge in [0.05, 0.1) is 9.90 Å². The minimum absolute atomic E-state index is 0.00287. The van der Waals surface area contributed by atoms with Crippen molar-refractivity contribution in [3.63, 3.8) is 0 Å². The summed E-state index contributed by atoms with van der Waals surface area (Å²) in [6.45, 7) is 4.03. The molecule has 1 aromatic heterocycles. The Labute approximate surface area is 104 Å². The monoisotopic (exact) mass is 250 g/mol. The summed E-state index contributed by atoms with van der Waals surface area (Å²) in [6.07, 6.45) is 0. The van der Waals surface area contributed by atoms with Gasteiger partial charge in [-0.25, -0.2) is 0 Å². The SMILES string of the molecule is Cc1ccc(C(=O)c2sccc2Cl)cc1C. The van der Waals surface area contributed by atoms with E-state index in [1.54, 1.807) is 6.07 Å². The lowest BCUT2D eigenvalue weighted by Crippen LogP contribution is -2.00. The highest BCUT2D eigenvalue weighted by atomic mass is 35.5. The molecule has 0 bridgehead atoms. The molecule has 0 unspecified atom stereocenters. The number of carbonyl (C=O) groups is 1. The van der Waals surface area contributed by atoms with Gasteiger partial charge in [-0.1, -0.05) is 23.7 Å². The van der Waals surface area contributed by atoms with Crippen molar-refractivity contribution < 1.29 is 4.79 Å². The van der Waals surface area contributed by atoms with Crippen molar-refractivity contribution >= 4 is 28.7 Å². The van der Waals surface area contributed by atoms with Gasteiger partial charge in [0.1, 0.15) is 0 Å². The van der Waals surface area contributed by atoms with Gasteiger partial charge < -0.3 is 0 Å². The Hall–Kier alpha value is -1.12. The fraction of sp³-hybridized carbons (Fsp3) is 0.154. The summed E-state index contributed by atoms with van der Waals surface area (Å²) in [5.41, 5.74) is 3.01. The summed E-state index contributed by atoms with van der Waals surface area (Å²) in [5, 5.41) is 2.37. The zero-order valence-electron chi connectivity index (χ0n) is 9.08. The van der Waals surface area contributed by atoms with Gasteiger partial charge in [-0.05, 0) is 42.5 Å². The first kappa shape index (κ1) is 11.4. The van der Waals surface area contributed by atoms with Crippen molar-refractivity contribution in [2.45, 2.75) is 13.8 Å². The zero-order chi connectivity index (χ0) is 11.7. The van der Waals surface area contributed by atoms with Crippen molar-refractivity contribution in [2.24, 2.45) is 0 Å². The van der Waals surface area contributed by atoms with Crippen molar-refractivity contribution in [3.8, 4) is 0 Å². The van der Waals surface area contributed by atoms with Gasteiger partial charge in [0.15, 0.2) is 0 Å². The van der Waals surface area contributed by atoms with Crippen LogP contribution in [0, 0.1) is 13.8 Å². The largest absolute Gasteiger partial charge is 0.288 e. The maximum atomic E-state index is 12.1. The summed E-state index contributed by atoms with van der Waals surface area (Å²) < 4.78 is 0. The van der Waals surface area contributed by atoms with Gasteiger partial charge in [-0.3, -0.25) is 4.79 Å². The standard InChI is InChI=1S/C13H11ClOS/c1-8-3-4-10(7-9(8)2)12(15)13-11(14)5-6-16-13/h3-7H,1-2H3. The molecule has 0 atom stereocenters. The Morgan fingerprint density at radius 1 is 1.19 bits per heavy atom. The first-order valence-electron chi connectivity index (χ1n) is 4.94. The third-order valence-electron chi connectivity index (χ3n) is 2.59. The highest BCUT2D eigenvalue weighted by molar-refractivity contribution is 7.13. The van der Waals surface area contributed by atoms with Crippen molar-refractivity contribution in [1.82, 2.24) is 0 Å². The molecule has 16 heavy (non-hydrogen) atoms. The summed E-state index contributed by atoms with van der Waals surface area (Å²) in [6, 6.07) is 7.47. The maximum Gasteiger partial charge on any atom is 0.204 e. The van der Waals surface area contributed by atoms with Crippen molar-refractivity contribution in [3.05, 3.63) is 56.2 Å². The van der Waals surface area contributed by atoms with Crippen LogP contribution >= 0.6 is 22.9 Å². The van der Waals surface area contributed by atoms with Gasteiger partial charge in [0.2, 0.25) is 5.78 Å². The Kier molecular flexibility index (Phi) is 3.13. The van der Waals surface area contributed by atoms with Gasteiger partial charge in [0, 0.05) is 5.56 Å². The molecule has 0 spiro atoms. The number of rotatable bonds is 2. The first-order valence-corrected chi connectivity index (χ1v) is 6.20. The predicted molar refractivity (Wildman–Crippen MR) is 68.7 cm³/mol. The smallest absolute Gasteiger partial charge is 0.204 e. The molecule has 82 valence electrons. The maximum absolute atomic E-state index is 12.1. The molecule has 2 rings (SSSR count). The third kappa shape index (κ3) is 2.04. The number of ketones is 1. The molecule has 0 radical (unpaired) electrons. The van der Waals surface area contributed by atoms with Crippen LogP contribution in [0.25, 0.3) is 0 Å². The predicted octanol–water partition coefficient (Wildman–Crippen LogP) is 4.25. The quantitative estimate of drug-likeness (QED) is 0.729.